The predicted octanol–water partition coefficient (Wildman–Crippen LogP) is 4.00. The number of hydrogen-bond donors (Lipinski definition) is 1. The first-order valence-electron chi connectivity index (χ1n) is 12.5. The van der Waals surface area contributed by atoms with Gasteiger partial charge in [-0.25, -0.2) is 0 Å². The van der Waals surface area contributed by atoms with Crippen molar-refractivity contribution in [2.24, 2.45) is 23.2 Å². The fraction of sp³-hybridized carbons (Fsp3) is 1.00. The van der Waals surface area contributed by atoms with Crippen molar-refractivity contribution in [2.75, 3.05) is 47.3 Å². The van der Waals surface area contributed by atoms with Gasteiger partial charge in [0.2, 0.25) is 0 Å². The molecule has 1 N–H and O–H groups in total. The van der Waals surface area contributed by atoms with Crippen molar-refractivity contribution >= 4 is 0 Å². The number of rotatable bonds is 10. The maximum Gasteiger partial charge on any atom is 0.0851 e. The third-order valence-corrected chi connectivity index (χ3v) is 9.68. The molecule has 1 saturated heterocycles. The second-order valence-corrected chi connectivity index (χ2v) is 11.8. The molecule has 1 aliphatic heterocycles. The van der Waals surface area contributed by atoms with Crippen LogP contribution in [0.15, 0.2) is 0 Å². The zero-order valence-electron chi connectivity index (χ0n) is 20.1. The lowest BCUT2D eigenvalue weighted by atomic mass is 9.49. The van der Waals surface area contributed by atoms with Crippen molar-refractivity contribution < 1.29 is 4.74 Å². The van der Waals surface area contributed by atoms with E-state index in [0.29, 0.717) is 17.4 Å². The Morgan fingerprint density at radius 1 is 0.966 bits per heavy atom. The van der Waals surface area contributed by atoms with Crippen LogP contribution in [0.2, 0.25) is 0 Å². The molecule has 0 aromatic rings. The van der Waals surface area contributed by atoms with Crippen LogP contribution in [0, 0.1) is 23.2 Å². The van der Waals surface area contributed by atoms with Crippen molar-refractivity contribution in [3.8, 4) is 0 Å². The van der Waals surface area contributed by atoms with Gasteiger partial charge in [0.1, 0.15) is 0 Å². The number of unbranched alkanes of at least 4 members (excludes halogenated alkanes) is 1. The summed E-state index contributed by atoms with van der Waals surface area (Å²) in [6.45, 7) is 12.2. The molecule has 0 aromatic heterocycles. The highest BCUT2D eigenvalue weighted by Crippen LogP contribution is 2.72. The zero-order chi connectivity index (χ0) is 20.9. The van der Waals surface area contributed by atoms with Gasteiger partial charge in [-0.15, -0.1) is 0 Å². The zero-order valence-corrected chi connectivity index (χ0v) is 20.1. The smallest absolute Gasteiger partial charge is 0.0851 e. The van der Waals surface area contributed by atoms with Gasteiger partial charge in [-0.05, 0) is 130 Å². The van der Waals surface area contributed by atoms with Gasteiger partial charge in [-0.3, -0.25) is 0 Å². The maximum absolute atomic E-state index is 7.00. The SMILES string of the molecule is C[C@H]1CCC2[C@]13CC[C@@]1(C)O[C@]2(C)[C@@H](NCCCCN(C)CCCN(C)C)[C@H]1C3. The van der Waals surface area contributed by atoms with Crippen LogP contribution in [0.25, 0.3) is 0 Å². The van der Waals surface area contributed by atoms with Crippen molar-refractivity contribution in [3.05, 3.63) is 0 Å². The van der Waals surface area contributed by atoms with E-state index in [-0.39, 0.29) is 11.2 Å². The summed E-state index contributed by atoms with van der Waals surface area (Å²) in [7, 11) is 6.60. The molecular formula is C25H47N3O. The van der Waals surface area contributed by atoms with E-state index in [1.54, 1.807) is 0 Å². The van der Waals surface area contributed by atoms with Gasteiger partial charge >= 0.3 is 0 Å². The van der Waals surface area contributed by atoms with Crippen LogP contribution in [-0.4, -0.2) is 74.4 Å². The second kappa shape index (κ2) is 8.07. The van der Waals surface area contributed by atoms with Gasteiger partial charge in [-0.1, -0.05) is 6.92 Å². The van der Waals surface area contributed by atoms with Crippen LogP contribution in [0.5, 0.6) is 0 Å². The summed E-state index contributed by atoms with van der Waals surface area (Å²) >= 11 is 0. The Labute approximate surface area is 180 Å². The van der Waals surface area contributed by atoms with Crippen LogP contribution < -0.4 is 5.32 Å². The molecule has 4 nitrogen and oxygen atoms in total. The summed E-state index contributed by atoms with van der Waals surface area (Å²) in [6, 6.07) is 0.564. The molecule has 7 atom stereocenters. The first-order valence-corrected chi connectivity index (χ1v) is 12.5. The molecule has 4 aliphatic rings. The first-order chi connectivity index (χ1) is 13.7. The number of hydrogen-bond acceptors (Lipinski definition) is 4. The molecule has 3 saturated carbocycles. The van der Waals surface area contributed by atoms with Gasteiger partial charge in [0.15, 0.2) is 0 Å². The largest absolute Gasteiger partial charge is 0.367 e. The molecular weight excluding hydrogens is 358 g/mol. The Hall–Kier alpha value is -0.160. The summed E-state index contributed by atoms with van der Waals surface area (Å²) in [6.07, 6.45) is 10.7. The molecule has 0 amide bonds. The van der Waals surface area contributed by atoms with Gasteiger partial charge in [0.05, 0.1) is 11.2 Å². The number of ether oxygens (including phenoxy) is 1. The molecule has 168 valence electrons. The molecule has 4 heteroatoms. The Bertz CT molecular complexity index is 582. The summed E-state index contributed by atoms with van der Waals surface area (Å²) in [4.78, 5) is 4.78. The Kier molecular flexibility index (Phi) is 6.14. The summed E-state index contributed by atoms with van der Waals surface area (Å²) < 4.78 is 7.00. The van der Waals surface area contributed by atoms with E-state index < -0.39 is 0 Å². The molecule has 1 spiro atoms. The molecule has 4 fully saturated rings. The predicted molar refractivity (Wildman–Crippen MR) is 121 cm³/mol. The fourth-order valence-corrected chi connectivity index (χ4v) is 8.08. The minimum absolute atomic E-state index is 0.0574. The number of nitrogens with zero attached hydrogens (tertiary/aromatic N) is 2. The van der Waals surface area contributed by atoms with E-state index in [9.17, 15) is 0 Å². The monoisotopic (exact) mass is 405 g/mol. The van der Waals surface area contributed by atoms with Crippen molar-refractivity contribution in [3.63, 3.8) is 0 Å². The molecule has 1 heterocycles. The minimum Gasteiger partial charge on any atom is -0.367 e. The lowest BCUT2D eigenvalue weighted by Gasteiger charge is -2.55. The van der Waals surface area contributed by atoms with Crippen LogP contribution in [0.3, 0.4) is 0 Å². The highest BCUT2D eigenvalue weighted by atomic mass is 16.5. The third kappa shape index (κ3) is 3.70. The second-order valence-electron chi connectivity index (χ2n) is 11.8. The quantitative estimate of drug-likeness (QED) is 0.556. The van der Waals surface area contributed by atoms with Crippen molar-refractivity contribution in [1.82, 2.24) is 15.1 Å². The lowest BCUT2D eigenvalue weighted by Crippen LogP contribution is -2.62. The van der Waals surface area contributed by atoms with E-state index in [0.717, 1.165) is 18.4 Å². The van der Waals surface area contributed by atoms with Gasteiger partial charge in [0.25, 0.3) is 0 Å². The van der Waals surface area contributed by atoms with E-state index >= 15 is 0 Å². The van der Waals surface area contributed by atoms with Gasteiger partial charge < -0.3 is 19.9 Å². The van der Waals surface area contributed by atoms with Crippen molar-refractivity contribution in [2.45, 2.75) is 89.4 Å². The normalized spacial score (nSPS) is 45.5. The van der Waals surface area contributed by atoms with Gasteiger partial charge in [-0.2, -0.15) is 0 Å². The standard InChI is InChI=1S/C25H47N3O/c1-19-10-11-21-24(3)22(20-18-25(19,21)13-12-23(20,2)29-24)26-14-7-8-16-28(6)17-9-15-27(4)5/h19-22,26H,7-18H2,1-6H3/t19-,20+,21?,22-,23+,24-,25-/m0/s1. The lowest BCUT2D eigenvalue weighted by molar-refractivity contribution is -0.115. The Morgan fingerprint density at radius 2 is 1.72 bits per heavy atom. The molecule has 29 heavy (non-hydrogen) atoms. The topological polar surface area (TPSA) is 27.7 Å². The molecule has 0 radical (unpaired) electrons. The minimum atomic E-state index is 0.0574. The van der Waals surface area contributed by atoms with Crippen LogP contribution in [0.1, 0.15) is 72.1 Å². The number of nitrogens with one attached hydrogen (secondary N) is 1. The van der Waals surface area contributed by atoms with Crippen LogP contribution >= 0.6 is 0 Å². The molecule has 4 rings (SSSR count). The highest BCUT2D eigenvalue weighted by Gasteiger charge is 2.73. The van der Waals surface area contributed by atoms with Gasteiger partial charge in [0, 0.05) is 12.0 Å². The summed E-state index contributed by atoms with van der Waals surface area (Å²) in [5.74, 6) is 2.38. The summed E-state index contributed by atoms with van der Waals surface area (Å²) in [5.41, 5.74) is 0.763. The molecule has 0 aromatic carbocycles. The van der Waals surface area contributed by atoms with Crippen LogP contribution in [0.4, 0.5) is 0 Å². The average Bonchev–Trinajstić information content (AvgIpc) is 3.02. The molecule has 3 aliphatic carbocycles. The highest BCUT2D eigenvalue weighted by molar-refractivity contribution is 5.24. The third-order valence-electron chi connectivity index (χ3n) is 9.68. The Balaban J connectivity index is 1.28. The maximum atomic E-state index is 7.00. The van der Waals surface area contributed by atoms with Crippen LogP contribution in [-0.2, 0) is 4.74 Å². The average molecular weight is 406 g/mol. The van der Waals surface area contributed by atoms with E-state index in [2.05, 4.69) is 57.0 Å². The number of fused-ring (bicyclic) bond motifs is 2. The molecule has 3 bridgehead atoms. The van der Waals surface area contributed by atoms with E-state index in [4.69, 9.17) is 4.74 Å². The first kappa shape index (κ1) is 22.0. The van der Waals surface area contributed by atoms with Crippen molar-refractivity contribution in [1.29, 1.82) is 0 Å². The van der Waals surface area contributed by atoms with E-state index in [1.165, 1.54) is 71.0 Å². The van der Waals surface area contributed by atoms with E-state index in [1.807, 2.05) is 0 Å². The molecule has 1 unspecified atom stereocenters. The Morgan fingerprint density at radius 3 is 2.48 bits per heavy atom. The fourth-order valence-electron chi connectivity index (χ4n) is 8.08. The summed E-state index contributed by atoms with van der Waals surface area (Å²) in [5, 5.41) is 4.04.